The van der Waals surface area contributed by atoms with E-state index in [1.807, 2.05) is 0 Å². The number of ether oxygens (including phenoxy) is 3. The lowest BCUT2D eigenvalue weighted by Crippen LogP contribution is -2.54. The summed E-state index contributed by atoms with van der Waals surface area (Å²) in [5.74, 6) is 1.97. The number of nitrogens with one attached hydrogen (secondary N) is 3. The maximum atomic E-state index is 13.3. The summed E-state index contributed by atoms with van der Waals surface area (Å²) in [6.45, 7) is 8.03. The summed E-state index contributed by atoms with van der Waals surface area (Å²) in [5.41, 5.74) is 1.30. The first-order valence-corrected chi connectivity index (χ1v) is 25.7. The molecule has 16 heteroatoms. The molecule has 1 atom stereocenters. The maximum Gasteiger partial charge on any atom is 0.266 e. The number of imide groups is 2. The van der Waals surface area contributed by atoms with Crippen molar-refractivity contribution in [2.24, 2.45) is 0 Å². The van der Waals surface area contributed by atoms with Crippen LogP contribution in [0, 0.1) is 0 Å². The number of unbranched alkanes of at least 4 members (excludes halogenated alkanes) is 5. The first-order chi connectivity index (χ1) is 33.2. The van der Waals surface area contributed by atoms with E-state index in [2.05, 4.69) is 37.9 Å². The van der Waals surface area contributed by atoms with Gasteiger partial charge in [-0.15, -0.1) is 0 Å². The van der Waals surface area contributed by atoms with Gasteiger partial charge in [-0.25, -0.2) is 9.97 Å². The number of aromatic nitrogens is 2. The summed E-state index contributed by atoms with van der Waals surface area (Å²) in [6.07, 6.45) is 18.9. The lowest BCUT2D eigenvalue weighted by Gasteiger charge is -2.33. The number of anilines is 1. The van der Waals surface area contributed by atoms with Gasteiger partial charge in [-0.1, -0.05) is 51.0 Å². The molecule has 8 rings (SSSR count). The Bertz CT molecular complexity index is 2240. The average Bonchev–Trinajstić information content (AvgIpc) is 3.97. The minimum absolute atomic E-state index is 0.0722. The van der Waals surface area contributed by atoms with Gasteiger partial charge >= 0.3 is 0 Å². The van der Waals surface area contributed by atoms with Gasteiger partial charge in [0, 0.05) is 62.4 Å². The highest BCUT2D eigenvalue weighted by atomic mass is 16.5. The van der Waals surface area contributed by atoms with Gasteiger partial charge in [0.1, 0.15) is 23.4 Å². The summed E-state index contributed by atoms with van der Waals surface area (Å²) >= 11 is 0. The van der Waals surface area contributed by atoms with Gasteiger partial charge in [-0.2, -0.15) is 0 Å². The SMILES string of the molecule is COc1cc2c(NC3CCN(CCCC(=O)NCCCCCCCCOc4cccc5c4C(=O)N(C4CCC(=O)NC4=O)C5=O)CC3)nc(C3CCCCC3)nc2cc1OCCCN1CCCC1. The highest BCUT2D eigenvalue weighted by Gasteiger charge is 2.46. The number of carbonyl (C=O) groups excluding carboxylic acids is 5. The number of piperidine rings is 2. The van der Waals surface area contributed by atoms with Crippen LogP contribution in [0.4, 0.5) is 5.82 Å². The van der Waals surface area contributed by atoms with Crippen LogP contribution in [0.5, 0.6) is 17.2 Å². The van der Waals surface area contributed by atoms with E-state index in [0.29, 0.717) is 49.6 Å². The fourth-order valence-electron chi connectivity index (χ4n) is 10.6. The molecule has 3 N–H and O–H groups in total. The van der Waals surface area contributed by atoms with Gasteiger partial charge in [0.05, 0.1) is 37.0 Å². The van der Waals surface area contributed by atoms with Crippen LogP contribution in [0.1, 0.15) is 161 Å². The predicted molar refractivity (Wildman–Crippen MR) is 259 cm³/mol. The quantitative estimate of drug-likeness (QED) is 0.0609. The van der Waals surface area contributed by atoms with Crippen LogP contribution in [0.3, 0.4) is 0 Å². The third-order valence-corrected chi connectivity index (χ3v) is 14.4. The monoisotopic (exact) mass is 937 g/mol. The number of amides is 5. The second-order valence-electron chi connectivity index (χ2n) is 19.3. The van der Waals surface area contributed by atoms with Crippen molar-refractivity contribution in [1.82, 2.24) is 35.3 Å². The van der Waals surface area contributed by atoms with E-state index in [9.17, 15) is 24.0 Å². The van der Waals surface area contributed by atoms with Crippen LogP contribution in [0.2, 0.25) is 0 Å². The first kappa shape index (κ1) is 49.1. The molecule has 1 aliphatic carbocycles. The molecule has 1 aromatic heterocycles. The molecule has 0 radical (unpaired) electrons. The zero-order valence-corrected chi connectivity index (χ0v) is 40.1. The van der Waals surface area contributed by atoms with Crippen LogP contribution in [0.15, 0.2) is 30.3 Å². The molecule has 1 unspecified atom stereocenters. The molecule has 0 spiro atoms. The molecule has 0 bridgehead atoms. The number of hydrogen-bond donors (Lipinski definition) is 3. The van der Waals surface area contributed by atoms with Crippen LogP contribution >= 0.6 is 0 Å². The zero-order chi connectivity index (χ0) is 47.2. The number of hydrogen-bond acceptors (Lipinski definition) is 13. The van der Waals surface area contributed by atoms with E-state index in [1.54, 1.807) is 25.3 Å². The molecule has 68 heavy (non-hydrogen) atoms. The van der Waals surface area contributed by atoms with Crippen LogP contribution in [0.25, 0.3) is 10.9 Å². The highest BCUT2D eigenvalue weighted by molar-refractivity contribution is 6.24. The molecular weight excluding hydrogens is 865 g/mol. The molecule has 16 nitrogen and oxygen atoms in total. The molecule has 3 saturated heterocycles. The molecule has 5 heterocycles. The van der Waals surface area contributed by atoms with E-state index in [-0.39, 0.29) is 29.9 Å². The fourth-order valence-corrected chi connectivity index (χ4v) is 10.6. The summed E-state index contributed by atoms with van der Waals surface area (Å²) in [7, 11) is 1.70. The van der Waals surface area contributed by atoms with Crippen LogP contribution in [-0.2, 0) is 14.4 Å². The Labute approximate surface area is 401 Å². The van der Waals surface area contributed by atoms with Crippen LogP contribution < -0.4 is 30.2 Å². The summed E-state index contributed by atoms with van der Waals surface area (Å²) in [4.78, 5) is 79.3. The number of benzene rings is 2. The van der Waals surface area contributed by atoms with E-state index < -0.39 is 29.7 Å². The predicted octanol–water partition coefficient (Wildman–Crippen LogP) is 7.14. The maximum absolute atomic E-state index is 13.3. The molecule has 5 amide bonds. The Balaban J connectivity index is 0.697. The number of carbonyl (C=O) groups is 5. The molecule has 368 valence electrons. The van der Waals surface area contributed by atoms with E-state index >= 15 is 0 Å². The van der Waals surface area contributed by atoms with Crippen molar-refractivity contribution in [3.63, 3.8) is 0 Å². The number of nitrogens with zero attached hydrogens (tertiary/aromatic N) is 5. The lowest BCUT2D eigenvalue weighted by molar-refractivity contribution is -0.136. The third-order valence-electron chi connectivity index (χ3n) is 14.4. The number of fused-ring (bicyclic) bond motifs is 2. The third kappa shape index (κ3) is 12.6. The molecule has 1 saturated carbocycles. The molecule has 2 aromatic carbocycles. The minimum atomic E-state index is -1.01. The second-order valence-corrected chi connectivity index (χ2v) is 19.3. The number of rotatable bonds is 24. The van der Waals surface area contributed by atoms with Crippen molar-refractivity contribution in [1.29, 1.82) is 0 Å². The van der Waals surface area contributed by atoms with Crippen molar-refractivity contribution in [3.8, 4) is 17.2 Å². The van der Waals surface area contributed by atoms with Crippen molar-refractivity contribution >= 4 is 46.3 Å². The molecule has 5 aliphatic rings. The minimum Gasteiger partial charge on any atom is -0.493 e. The standard InChI is InChI=1S/C52H72N8O8/c1-66-43-34-39-40(35-44(43)68-33-15-29-58-26-10-11-27-58)55-48(36-16-7-6-8-17-36)57-49(39)54-37-23-30-59(31-24-37)28-14-20-45(61)53-25-9-4-2-3-5-12-32-67-42-19-13-18-38-47(42)52(65)60(51(38)64)41-21-22-46(62)56-50(41)63/h13,18-19,34-37,41H,2-12,14-17,20-33H2,1H3,(H,53,61)(H,54,55,57)(H,56,62,63). The van der Waals surface area contributed by atoms with E-state index in [4.69, 9.17) is 24.2 Å². The van der Waals surface area contributed by atoms with Gasteiger partial charge in [-0.05, 0) is 108 Å². The molecular formula is C52H72N8O8. The molecule has 4 aliphatic heterocycles. The van der Waals surface area contributed by atoms with Gasteiger partial charge < -0.3 is 34.6 Å². The van der Waals surface area contributed by atoms with Gasteiger partial charge in [-0.3, -0.25) is 34.2 Å². The fraction of sp³-hybridized carbons (Fsp3) is 0.635. The molecule has 4 fully saturated rings. The van der Waals surface area contributed by atoms with Crippen molar-refractivity contribution in [2.75, 3.05) is 71.5 Å². The van der Waals surface area contributed by atoms with E-state index in [1.165, 1.54) is 45.2 Å². The van der Waals surface area contributed by atoms with Crippen molar-refractivity contribution in [2.45, 2.75) is 146 Å². The van der Waals surface area contributed by atoms with Gasteiger partial charge in [0.2, 0.25) is 17.7 Å². The normalized spacial score (nSPS) is 19.7. The Morgan fingerprint density at radius 3 is 2.24 bits per heavy atom. The Kier molecular flexibility index (Phi) is 17.5. The summed E-state index contributed by atoms with van der Waals surface area (Å²) < 4.78 is 18.1. The largest absolute Gasteiger partial charge is 0.493 e. The first-order valence-electron chi connectivity index (χ1n) is 25.7. The van der Waals surface area contributed by atoms with Crippen LogP contribution in [-0.4, -0.2) is 132 Å². The summed E-state index contributed by atoms with van der Waals surface area (Å²) in [5, 5.41) is 10.1. The average molecular weight is 937 g/mol. The topological polar surface area (TPSA) is 185 Å². The van der Waals surface area contributed by atoms with Crippen molar-refractivity contribution in [3.05, 3.63) is 47.3 Å². The lowest BCUT2D eigenvalue weighted by atomic mass is 9.88. The smallest absolute Gasteiger partial charge is 0.266 e. The van der Waals surface area contributed by atoms with Crippen molar-refractivity contribution < 1.29 is 38.2 Å². The molecule has 3 aromatic rings. The van der Waals surface area contributed by atoms with Gasteiger partial charge in [0.15, 0.2) is 11.5 Å². The van der Waals surface area contributed by atoms with Gasteiger partial charge in [0.25, 0.3) is 11.8 Å². The Morgan fingerprint density at radius 2 is 1.46 bits per heavy atom. The highest BCUT2D eigenvalue weighted by Crippen LogP contribution is 2.39. The van der Waals surface area contributed by atoms with E-state index in [0.717, 1.165) is 136 Å². The second kappa shape index (κ2) is 24.3. The Morgan fingerprint density at radius 1 is 0.735 bits per heavy atom. The number of methoxy groups -OCH3 is 1. The Hall–Kier alpha value is -5.35. The number of likely N-dealkylation sites (tertiary alicyclic amines) is 2. The summed E-state index contributed by atoms with van der Waals surface area (Å²) in [6, 6.07) is 8.30. The zero-order valence-electron chi connectivity index (χ0n) is 40.1.